The van der Waals surface area contributed by atoms with Crippen LogP contribution in [-0.4, -0.2) is 18.1 Å². The Bertz CT molecular complexity index is 902. The Labute approximate surface area is 156 Å². The van der Waals surface area contributed by atoms with Crippen molar-refractivity contribution in [2.45, 2.75) is 13.8 Å². The van der Waals surface area contributed by atoms with Crippen molar-refractivity contribution in [3.8, 4) is 0 Å². The molecule has 0 atom stereocenters. The van der Waals surface area contributed by atoms with Gasteiger partial charge in [0, 0.05) is 24.5 Å². The standard InChI is InChI=1S/C21H20F3N3/c1-3-26(15-11-7-5-8-12-15)19-17(22)20(24)25-21(18(19)23)27(4-2)16-13-9-6-10-14-16/h5-14H,3-4H2,1-2H3. The topological polar surface area (TPSA) is 19.4 Å². The summed E-state index contributed by atoms with van der Waals surface area (Å²) >= 11 is 0. The average molecular weight is 371 g/mol. The predicted molar refractivity (Wildman–Crippen MR) is 102 cm³/mol. The van der Waals surface area contributed by atoms with E-state index in [4.69, 9.17) is 0 Å². The molecule has 140 valence electrons. The maximum absolute atomic E-state index is 15.4. The fourth-order valence-electron chi connectivity index (χ4n) is 3.05. The van der Waals surface area contributed by atoms with Crippen molar-refractivity contribution < 1.29 is 13.2 Å². The Morgan fingerprint density at radius 1 is 0.704 bits per heavy atom. The van der Waals surface area contributed by atoms with Gasteiger partial charge in [-0.1, -0.05) is 36.4 Å². The molecule has 0 aliphatic rings. The highest BCUT2D eigenvalue weighted by Gasteiger charge is 2.28. The van der Waals surface area contributed by atoms with E-state index >= 15 is 4.39 Å². The molecule has 0 saturated carbocycles. The normalized spacial score (nSPS) is 10.7. The number of rotatable bonds is 6. The minimum absolute atomic E-state index is 0.244. The molecule has 1 aromatic heterocycles. The summed E-state index contributed by atoms with van der Waals surface area (Å²) in [6.07, 6.45) is 0. The van der Waals surface area contributed by atoms with Crippen molar-refractivity contribution in [3.63, 3.8) is 0 Å². The number of aromatic nitrogens is 1. The number of para-hydroxylation sites is 2. The molecule has 27 heavy (non-hydrogen) atoms. The van der Waals surface area contributed by atoms with Crippen LogP contribution in [0, 0.1) is 17.6 Å². The molecule has 0 radical (unpaired) electrons. The van der Waals surface area contributed by atoms with E-state index in [0.717, 1.165) is 0 Å². The average Bonchev–Trinajstić information content (AvgIpc) is 2.71. The van der Waals surface area contributed by atoms with Crippen molar-refractivity contribution in [3.05, 3.63) is 78.2 Å². The van der Waals surface area contributed by atoms with Crippen LogP contribution in [0.1, 0.15) is 13.8 Å². The zero-order valence-corrected chi connectivity index (χ0v) is 15.2. The van der Waals surface area contributed by atoms with Crippen LogP contribution in [0.4, 0.5) is 36.1 Å². The second kappa shape index (κ2) is 8.12. The van der Waals surface area contributed by atoms with Crippen molar-refractivity contribution >= 4 is 22.9 Å². The van der Waals surface area contributed by atoms with Gasteiger partial charge in [-0.15, -0.1) is 0 Å². The number of halogens is 3. The second-order valence-corrected chi connectivity index (χ2v) is 5.86. The van der Waals surface area contributed by atoms with Gasteiger partial charge in [0.25, 0.3) is 5.95 Å². The van der Waals surface area contributed by atoms with E-state index in [-0.39, 0.29) is 12.4 Å². The lowest BCUT2D eigenvalue weighted by Crippen LogP contribution is -2.24. The minimum Gasteiger partial charge on any atom is -0.337 e. The van der Waals surface area contributed by atoms with E-state index in [1.54, 1.807) is 68.4 Å². The van der Waals surface area contributed by atoms with Crippen molar-refractivity contribution in [2.24, 2.45) is 0 Å². The lowest BCUT2D eigenvalue weighted by molar-refractivity contribution is 0.465. The molecule has 3 aromatic rings. The number of benzene rings is 2. The van der Waals surface area contributed by atoms with Crippen molar-refractivity contribution in [2.75, 3.05) is 22.9 Å². The summed E-state index contributed by atoms with van der Waals surface area (Å²) in [6.45, 7) is 4.15. The fourth-order valence-corrected chi connectivity index (χ4v) is 3.05. The minimum atomic E-state index is -1.33. The predicted octanol–water partition coefficient (Wildman–Crippen LogP) is 5.81. The summed E-state index contributed by atoms with van der Waals surface area (Å²) in [5.41, 5.74) is 0.767. The lowest BCUT2D eigenvalue weighted by Gasteiger charge is -2.28. The molecule has 0 saturated heterocycles. The summed E-state index contributed by atoms with van der Waals surface area (Å²) in [5.74, 6) is -3.77. The van der Waals surface area contributed by atoms with Crippen molar-refractivity contribution in [1.82, 2.24) is 4.98 Å². The Balaban J connectivity index is 2.18. The molecule has 3 nitrogen and oxygen atoms in total. The molecule has 2 aromatic carbocycles. The quantitative estimate of drug-likeness (QED) is 0.509. The third-order valence-corrected chi connectivity index (χ3v) is 4.29. The van der Waals surface area contributed by atoms with Crippen LogP contribution in [0.5, 0.6) is 0 Å². The van der Waals surface area contributed by atoms with E-state index < -0.39 is 23.3 Å². The summed E-state index contributed by atoms with van der Waals surface area (Å²) in [6, 6.07) is 17.7. The largest absolute Gasteiger partial charge is 0.337 e. The first-order valence-electron chi connectivity index (χ1n) is 8.78. The van der Waals surface area contributed by atoms with E-state index in [1.807, 2.05) is 6.07 Å². The molecule has 0 spiro atoms. The third-order valence-electron chi connectivity index (χ3n) is 4.29. The SMILES string of the molecule is CCN(c1ccccc1)c1nc(F)c(F)c(N(CC)c2ccccc2)c1F. The monoisotopic (exact) mass is 371 g/mol. The number of hydrogen-bond donors (Lipinski definition) is 0. The molecule has 0 N–H and O–H groups in total. The van der Waals surface area contributed by atoms with Crippen LogP contribution in [-0.2, 0) is 0 Å². The highest BCUT2D eigenvalue weighted by Crippen LogP contribution is 2.37. The van der Waals surface area contributed by atoms with E-state index in [0.29, 0.717) is 17.9 Å². The van der Waals surface area contributed by atoms with Crippen LogP contribution >= 0.6 is 0 Å². The van der Waals surface area contributed by atoms with Gasteiger partial charge >= 0.3 is 0 Å². The smallest absolute Gasteiger partial charge is 0.253 e. The molecule has 0 amide bonds. The lowest BCUT2D eigenvalue weighted by atomic mass is 10.2. The van der Waals surface area contributed by atoms with E-state index in [2.05, 4.69) is 4.98 Å². The first-order chi connectivity index (χ1) is 13.1. The molecular formula is C21H20F3N3. The Kier molecular flexibility index (Phi) is 5.64. The summed E-state index contributed by atoms with van der Waals surface area (Å²) < 4.78 is 44.3. The maximum Gasteiger partial charge on any atom is 0.253 e. The molecule has 0 bridgehead atoms. The van der Waals surface area contributed by atoms with Gasteiger partial charge < -0.3 is 9.80 Å². The molecule has 0 aliphatic heterocycles. The number of hydrogen-bond acceptors (Lipinski definition) is 3. The number of nitrogens with zero attached hydrogens (tertiary/aromatic N) is 3. The molecule has 6 heteroatoms. The highest BCUT2D eigenvalue weighted by molar-refractivity contribution is 5.70. The molecule has 3 rings (SSSR count). The first-order valence-corrected chi connectivity index (χ1v) is 8.78. The Hall–Kier alpha value is -3.02. The fraction of sp³-hybridized carbons (Fsp3) is 0.190. The summed E-state index contributed by atoms with van der Waals surface area (Å²) in [5, 5.41) is 0. The van der Waals surface area contributed by atoms with E-state index in [9.17, 15) is 8.78 Å². The molecule has 0 fully saturated rings. The Morgan fingerprint density at radius 3 is 1.67 bits per heavy atom. The molecule has 0 unspecified atom stereocenters. The first kappa shape index (κ1) is 18.8. The van der Waals surface area contributed by atoms with Gasteiger partial charge in [-0.25, -0.2) is 4.39 Å². The van der Waals surface area contributed by atoms with Crippen LogP contribution in [0.15, 0.2) is 60.7 Å². The summed E-state index contributed by atoms with van der Waals surface area (Å²) in [7, 11) is 0. The molecule has 1 heterocycles. The number of pyridine rings is 1. The van der Waals surface area contributed by atoms with Gasteiger partial charge in [-0.3, -0.25) is 0 Å². The van der Waals surface area contributed by atoms with Gasteiger partial charge in [0.2, 0.25) is 5.82 Å². The summed E-state index contributed by atoms with van der Waals surface area (Å²) in [4.78, 5) is 6.49. The molecular weight excluding hydrogens is 351 g/mol. The Morgan fingerprint density at radius 2 is 1.19 bits per heavy atom. The zero-order chi connectivity index (χ0) is 19.4. The van der Waals surface area contributed by atoms with Gasteiger partial charge in [0.05, 0.1) is 0 Å². The van der Waals surface area contributed by atoms with Crippen LogP contribution in [0.2, 0.25) is 0 Å². The highest BCUT2D eigenvalue weighted by atomic mass is 19.2. The van der Waals surface area contributed by atoms with Crippen LogP contribution < -0.4 is 9.80 Å². The number of anilines is 4. The van der Waals surface area contributed by atoms with Crippen LogP contribution in [0.25, 0.3) is 0 Å². The van der Waals surface area contributed by atoms with Gasteiger partial charge in [0.1, 0.15) is 5.69 Å². The third kappa shape index (κ3) is 3.60. The van der Waals surface area contributed by atoms with Gasteiger partial charge in [0.15, 0.2) is 11.6 Å². The second-order valence-electron chi connectivity index (χ2n) is 5.86. The molecule has 0 aliphatic carbocycles. The van der Waals surface area contributed by atoms with Crippen molar-refractivity contribution in [1.29, 1.82) is 0 Å². The van der Waals surface area contributed by atoms with Gasteiger partial charge in [-0.05, 0) is 38.1 Å². The van der Waals surface area contributed by atoms with E-state index in [1.165, 1.54) is 9.80 Å². The van der Waals surface area contributed by atoms with Crippen LogP contribution in [0.3, 0.4) is 0 Å². The van der Waals surface area contributed by atoms with Gasteiger partial charge in [-0.2, -0.15) is 13.8 Å². The zero-order valence-electron chi connectivity index (χ0n) is 15.2. The maximum atomic E-state index is 15.4.